The van der Waals surface area contributed by atoms with Gasteiger partial charge in [-0.05, 0) is 19.9 Å². The fraction of sp³-hybridized carbons (Fsp3) is 0.200. The molecule has 9 heteroatoms. The van der Waals surface area contributed by atoms with E-state index in [-0.39, 0.29) is 40.3 Å². The van der Waals surface area contributed by atoms with Crippen molar-refractivity contribution in [1.82, 2.24) is 14.8 Å². The molecule has 3 rings (SSSR count). The predicted molar refractivity (Wildman–Crippen MR) is 90.9 cm³/mol. The lowest BCUT2D eigenvalue weighted by Crippen LogP contribution is -2.07. The standard InChI is InChI=1S/C15H17F2N7/c1-5(2)24-13-10(14(20)22-15(21)11(13)19)12(23-24)6-3-8(17)9(18)4-7(6)16/h3-5H,18-19H2,1-2H3,(H4,20,21,22). The summed E-state index contributed by atoms with van der Waals surface area (Å²) < 4.78 is 29.7. The molecule has 126 valence electrons. The predicted octanol–water partition coefficient (Wildman–Crippen LogP) is 2.29. The molecule has 2 aromatic heterocycles. The van der Waals surface area contributed by atoms with Crippen LogP contribution in [-0.4, -0.2) is 14.8 Å². The van der Waals surface area contributed by atoms with E-state index in [9.17, 15) is 8.78 Å². The first-order valence-corrected chi connectivity index (χ1v) is 7.19. The van der Waals surface area contributed by atoms with Gasteiger partial charge in [-0.15, -0.1) is 0 Å². The Labute approximate surface area is 136 Å². The van der Waals surface area contributed by atoms with Crippen LogP contribution in [0.3, 0.4) is 0 Å². The van der Waals surface area contributed by atoms with Gasteiger partial charge in [0.1, 0.15) is 28.8 Å². The molecule has 0 unspecified atom stereocenters. The van der Waals surface area contributed by atoms with Crippen molar-refractivity contribution in [3.05, 3.63) is 23.8 Å². The Bertz CT molecular complexity index is 963. The lowest BCUT2D eigenvalue weighted by Gasteiger charge is -2.10. The first-order valence-electron chi connectivity index (χ1n) is 7.19. The quantitative estimate of drug-likeness (QED) is 0.531. The summed E-state index contributed by atoms with van der Waals surface area (Å²) in [5, 5.41) is 4.69. The van der Waals surface area contributed by atoms with Crippen LogP contribution in [0.25, 0.3) is 22.2 Å². The topological polar surface area (TPSA) is 135 Å². The molecule has 8 N–H and O–H groups in total. The molecule has 0 fully saturated rings. The number of rotatable bonds is 2. The van der Waals surface area contributed by atoms with Crippen LogP contribution in [-0.2, 0) is 0 Å². The van der Waals surface area contributed by atoms with Gasteiger partial charge in [-0.1, -0.05) is 0 Å². The van der Waals surface area contributed by atoms with Crippen molar-refractivity contribution in [2.75, 3.05) is 22.9 Å². The molecule has 2 heterocycles. The van der Waals surface area contributed by atoms with Gasteiger partial charge >= 0.3 is 0 Å². The van der Waals surface area contributed by atoms with Crippen molar-refractivity contribution in [3.63, 3.8) is 0 Å². The van der Waals surface area contributed by atoms with Gasteiger partial charge in [-0.2, -0.15) is 5.10 Å². The first-order chi connectivity index (χ1) is 11.2. The average molecular weight is 333 g/mol. The number of fused-ring (bicyclic) bond motifs is 1. The highest BCUT2D eigenvalue weighted by atomic mass is 19.1. The molecular formula is C15H17F2N7. The molecule has 0 bridgehead atoms. The second kappa shape index (κ2) is 5.22. The summed E-state index contributed by atoms with van der Waals surface area (Å²) in [4.78, 5) is 3.97. The van der Waals surface area contributed by atoms with Gasteiger partial charge in [0.2, 0.25) is 0 Å². The zero-order chi connectivity index (χ0) is 17.8. The summed E-state index contributed by atoms with van der Waals surface area (Å²) in [7, 11) is 0. The molecule has 0 aliphatic rings. The summed E-state index contributed by atoms with van der Waals surface area (Å²) in [6.45, 7) is 3.73. The van der Waals surface area contributed by atoms with Crippen LogP contribution in [0.2, 0.25) is 0 Å². The highest BCUT2D eigenvalue weighted by molar-refractivity contribution is 6.07. The van der Waals surface area contributed by atoms with E-state index in [1.165, 1.54) is 0 Å². The van der Waals surface area contributed by atoms with Crippen molar-refractivity contribution in [3.8, 4) is 11.3 Å². The highest BCUT2D eigenvalue weighted by Crippen LogP contribution is 2.39. The number of benzene rings is 1. The Balaban J connectivity index is 2.47. The highest BCUT2D eigenvalue weighted by Gasteiger charge is 2.24. The lowest BCUT2D eigenvalue weighted by molar-refractivity contribution is 0.551. The number of anilines is 4. The third-order valence-electron chi connectivity index (χ3n) is 3.77. The van der Waals surface area contributed by atoms with E-state index in [0.717, 1.165) is 12.1 Å². The van der Waals surface area contributed by atoms with E-state index in [0.29, 0.717) is 10.9 Å². The van der Waals surface area contributed by atoms with Crippen LogP contribution in [0.15, 0.2) is 12.1 Å². The van der Waals surface area contributed by atoms with Gasteiger partial charge in [-0.3, -0.25) is 4.68 Å². The Morgan fingerprint density at radius 1 is 1.00 bits per heavy atom. The Hall–Kier alpha value is -3.10. The van der Waals surface area contributed by atoms with Gasteiger partial charge in [-0.25, -0.2) is 13.8 Å². The molecule has 24 heavy (non-hydrogen) atoms. The minimum absolute atomic E-state index is 0.0373. The van der Waals surface area contributed by atoms with Gasteiger partial charge in [0.15, 0.2) is 5.82 Å². The smallest absolute Gasteiger partial charge is 0.151 e. The van der Waals surface area contributed by atoms with E-state index in [2.05, 4.69) is 10.1 Å². The molecule has 0 atom stereocenters. The van der Waals surface area contributed by atoms with E-state index < -0.39 is 11.6 Å². The maximum atomic E-state index is 14.4. The third kappa shape index (κ3) is 2.16. The van der Waals surface area contributed by atoms with Gasteiger partial charge in [0.05, 0.1) is 16.6 Å². The van der Waals surface area contributed by atoms with E-state index in [4.69, 9.17) is 22.9 Å². The zero-order valence-corrected chi connectivity index (χ0v) is 13.1. The number of aromatic nitrogens is 3. The van der Waals surface area contributed by atoms with E-state index in [1.807, 2.05) is 13.8 Å². The SMILES string of the molecule is CC(C)n1nc(-c2cc(F)c(N)cc2F)c2c(N)nc(N)c(N)c21. The minimum Gasteiger partial charge on any atom is -0.396 e. The molecule has 0 amide bonds. The molecule has 0 spiro atoms. The maximum Gasteiger partial charge on any atom is 0.151 e. The number of hydrogen-bond donors (Lipinski definition) is 4. The van der Waals surface area contributed by atoms with E-state index >= 15 is 0 Å². The van der Waals surface area contributed by atoms with Crippen LogP contribution in [0.4, 0.5) is 31.8 Å². The Kier molecular flexibility index (Phi) is 3.43. The summed E-state index contributed by atoms with van der Waals surface area (Å²) >= 11 is 0. The monoisotopic (exact) mass is 333 g/mol. The molecule has 0 radical (unpaired) electrons. The summed E-state index contributed by atoms with van der Waals surface area (Å²) in [6.07, 6.45) is 0. The van der Waals surface area contributed by atoms with E-state index in [1.54, 1.807) is 4.68 Å². The molecule has 0 aliphatic carbocycles. The van der Waals surface area contributed by atoms with Gasteiger partial charge < -0.3 is 22.9 Å². The van der Waals surface area contributed by atoms with Crippen LogP contribution in [0.1, 0.15) is 19.9 Å². The minimum atomic E-state index is -0.756. The van der Waals surface area contributed by atoms with Gasteiger partial charge in [0.25, 0.3) is 0 Å². The third-order valence-corrected chi connectivity index (χ3v) is 3.77. The van der Waals surface area contributed by atoms with Crippen LogP contribution in [0.5, 0.6) is 0 Å². The molecule has 0 saturated heterocycles. The van der Waals surface area contributed by atoms with Crippen LogP contribution >= 0.6 is 0 Å². The summed E-state index contributed by atoms with van der Waals surface area (Å²) in [5.74, 6) is -1.39. The van der Waals surface area contributed by atoms with Gasteiger partial charge in [0, 0.05) is 17.7 Å². The number of nitrogen functional groups attached to an aromatic ring is 4. The first kappa shape index (κ1) is 15.8. The maximum absolute atomic E-state index is 14.4. The summed E-state index contributed by atoms with van der Waals surface area (Å²) in [5.41, 5.74) is 23.5. The second-order valence-electron chi connectivity index (χ2n) is 5.76. The lowest BCUT2D eigenvalue weighted by atomic mass is 10.1. The Morgan fingerprint density at radius 3 is 2.29 bits per heavy atom. The number of pyridine rings is 1. The van der Waals surface area contributed by atoms with Crippen molar-refractivity contribution >= 4 is 33.9 Å². The van der Waals surface area contributed by atoms with Crippen molar-refractivity contribution in [1.29, 1.82) is 0 Å². The molecule has 0 saturated carbocycles. The second-order valence-corrected chi connectivity index (χ2v) is 5.76. The Morgan fingerprint density at radius 2 is 1.67 bits per heavy atom. The fourth-order valence-corrected chi connectivity index (χ4v) is 2.61. The average Bonchev–Trinajstić information content (AvgIpc) is 2.89. The molecular weight excluding hydrogens is 316 g/mol. The number of nitrogens with zero attached hydrogens (tertiary/aromatic N) is 3. The van der Waals surface area contributed by atoms with Crippen molar-refractivity contribution in [2.24, 2.45) is 0 Å². The zero-order valence-electron chi connectivity index (χ0n) is 13.1. The number of hydrogen-bond acceptors (Lipinski definition) is 6. The molecule has 0 aliphatic heterocycles. The van der Waals surface area contributed by atoms with Crippen LogP contribution < -0.4 is 22.9 Å². The fourth-order valence-electron chi connectivity index (χ4n) is 2.61. The van der Waals surface area contributed by atoms with Crippen molar-refractivity contribution in [2.45, 2.75) is 19.9 Å². The normalized spacial score (nSPS) is 11.5. The number of halogens is 2. The van der Waals surface area contributed by atoms with Crippen LogP contribution in [0, 0.1) is 11.6 Å². The molecule has 1 aromatic carbocycles. The largest absolute Gasteiger partial charge is 0.396 e. The molecule has 7 nitrogen and oxygen atoms in total. The van der Waals surface area contributed by atoms with Crippen molar-refractivity contribution < 1.29 is 8.78 Å². The number of nitrogens with two attached hydrogens (primary N) is 4. The summed E-state index contributed by atoms with van der Waals surface area (Å²) in [6, 6.07) is 1.75. The molecule has 3 aromatic rings.